The molecule has 0 fully saturated rings. The number of nitrogens with zero attached hydrogens (tertiary/aromatic N) is 2. The molecule has 0 radical (unpaired) electrons. The van der Waals surface area contributed by atoms with Crippen LogP contribution < -0.4 is 9.47 Å². The second kappa shape index (κ2) is 7.09. The van der Waals surface area contributed by atoms with E-state index in [1.807, 2.05) is 0 Å². The molecule has 0 amide bonds. The van der Waals surface area contributed by atoms with Gasteiger partial charge in [0.25, 0.3) is 5.69 Å². The van der Waals surface area contributed by atoms with E-state index in [0.29, 0.717) is 28.2 Å². The van der Waals surface area contributed by atoms with Gasteiger partial charge < -0.3 is 9.47 Å². The third-order valence-corrected chi connectivity index (χ3v) is 3.26. The first-order chi connectivity index (χ1) is 11.1. The zero-order chi connectivity index (χ0) is 16.8. The van der Waals surface area contributed by atoms with Gasteiger partial charge in [-0.1, -0.05) is 0 Å². The molecule has 0 spiro atoms. The van der Waals surface area contributed by atoms with Crippen LogP contribution in [0.1, 0.15) is 11.1 Å². The van der Waals surface area contributed by atoms with Crippen molar-refractivity contribution >= 4 is 17.3 Å². The van der Waals surface area contributed by atoms with Gasteiger partial charge in [-0.25, -0.2) is 0 Å². The summed E-state index contributed by atoms with van der Waals surface area (Å²) >= 11 is 0. The highest BCUT2D eigenvalue weighted by molar-refractivity contribution is 5.91. The van der Waals surface area contributed by atoms with E-state index < -0.39 is 4.92 Å². The Morgan fingerprint density at radius 1 is 1.13 bits per heavy atom. The van der Waals surface area contributed by atoms with E-state index in [0.717, 1.165) is 0 Å². The Balaban J connectivity index is 2.49. The predicted molar refractivity (Wildman–Crippen MR) is 86.1 cm³/mol. The minimum atomic E-state index is -0.503. The molecule has 0 heterocycles. The summed E-state index contributed by atoms with van der Waals surface area (Å²) in [4.78, 5) is 10.7. The maximum Gasteiger partial charge on any atom is 0.280 e. The fraction of sp³-hybridized carbons (Fsp3) is 0.118. The summed E-state index contributed by atoms with van der Waals surface area (Å²) < 4.78 is 10.1. The van der Waals surface area contributed by atoms with Crippen LogP contribution in [0.25, 0.3) is 11.6 Å². The first-order valence-electron chi connectivity index (χ1n) is 6.67. The Kier molecular flexibility index (Phi) is 4.95. The van der Waals surface area contributed by atoms with Crippen molar-refractivity contribution in [3.05, 3.63) is 63.7 Å². The SMILES string of the molecule is COc1ccc(C(C#N)=Cc2ccc(OC)cc2[N+](=O)[O-])cc1. The molecule has 0 aliphatic rings. The third kappa shape index (κ3) is 3.66. The van der Waals surface area contributed by atoms with Crippen molar-refractivity contribution < 1.29 is 14.4 Å². The van der Waals surface area contributed by atoms with Gasteiger partial charge in [0.2, 0.25) is 0 Å². The van der Waals surface area contributed by atoms with E-state index >= 15 is 0 Å². The van der Waals surface area contributed by atoms with Crippen LogP contribution in [0.3, 0.4) is 0 Å². The molecule has 0 atom stereocenters. The van der Waals surface area contributed by atoms with E-state index in [2.05, 4.69) is 6.07 Å². The normalized spacial score (nSPS) is 10.7. The molecule has 2 aromatic carbocycles. The summed E-state index contributed by atoms with van der Waals surface area (Å²) in [5.74, 6) is 1.05. The maximum absolute atomic E-state index is 11.2. The van der Waals surface area contributed by atoms with Crippen molar-refractivity contribution in [3.8, 4) is 17.6 Å². The molecular formula is C17H14N2O4. The molecule has 0 aliphatic carbocycles. The van der Waals surface area contributed by atoms with Crippen molar-refractivity contribution in [1.82, 2.24) is 0 Å². The summed E-state index contributed by atoms with van der Waals surface area (Å²) in [6.45, 7) is 0. The lowest BCUT2D eigenvalue weighted by Gasteiger charge is -2.04. The van der Waals surface area contributed by atoms with E-state index in [4.69, 9.17) is 9.47 Å². The molecule has 6 nitrogen and oxygen atoms in total. The van der Waals surface area contributed by atoms with Crippen molar-refractivity contribution in [2.75, 3.05) is 14.2 Å². The fourth-order valence-electron chi connectivity index (χ4n) is 2.04. The Bertz CT molecular complexity index is 789. The number of rotatable bonds is 5. The number of hydrogen-bond donors (Lipinski definition) is 0. The Morgan fingerprint density at radius 2 is 1.74 bits per heavy atom. The van der Waals surface area contributed by atoms with Gasteiger partial charge in [0.15, 0.2) is 0 Å². The monoisotopic (exact) mass is 310 g/mol. The van der Waals surface area contributed by atoms with Gasteiger partial charge in [0.05, 0.1) is 42.4 Å². The topological polar surface area (TPSA) is 85.4 Å². The van der Waals surface area contributed by atoms with Crippen LogP contribution in [-0.4, -0.2) is 19.1 Å². The number of nitriles is 1. The lowest BCUT2D eigenvalue weighted by Crippen LogP contribution is -1.94. The smallest absolute Gasteiger partial charge is 0.280 e. The summed E-state index contributed by atoms with van der Waals surface area (Å²) in [6.07, 6.45) is 1.49. The summed E-state index contributed by atoms with van der Waals surface area (Å²) in [6, 6.07) is 13.5. The van der Waals surface area contributed by atoms with Crippen molar-refractivity contribution in [2.45, 2.75) is 0 Å². The summed E-state index contributed by atoms with van der Waals surface area (Å²) in [5.41, 5.74) is 1.19. The zero-order valence-electron chi connectivity index (χ0n) is 12.6. The third-order valence-electron chi connectivity index (χ3n) is 3.26. The maximum atomic E-state index is 11.2. The molecule has 0 N–H and O–H groups in total. The molecule has 23 heavy (non-hydrogen) atoms. The number of nitro benzene ring substituents is 1. The molecular weight excluding hydrogens is 296 g/mol. The molecule has 2 rings (SSSR count). The lowest BCUT2D eigenvalue weighted by molar-refractivity contribution is -0.385. The number of hydrogen-bond acceptors (Lipinski definition) is 5. The summed E-state index contributed by atoms with van der Waals surface area (Å²) in [7, 11) is 2.99. The van der Waals surface area contributed by atoms with Crippen LogP contribution in [0.15, 0.2) is 42.5 Å². The Hall–Kier alpha value is -3.33. The molecule has 2 aromatic rings. The average molecular weight is 310 g/mol. The highest BCUT2D eigenvalue weighted by Gasteiger charge is 2.14. The van der Waals surface area contributed by atoms with Gasteiger partial charge in [0.1, 0.15) is 11.5 Å². The molecule has 0 aliphatic heterocycles. The van der Waals surface area contributed by atoms with Crippen LogP contribution >= 0.6 is 0 Å². The van der Waals surface area contributed by atoms with E-state index in [9.17, 15) is 15.4 Å². The van der Waals surface area contributed by atoms with Gasteiger partial charge in [-0.15, -0.1) is 0 Å². The highest BCUT2D eigenvalue weighted by Crippen LogP contribution is 2.28. The molecule has 0 bridgehead atoms. The number of benzene rings is 2. The Labute approximate surface area is 133 Å². The zero-order valence-corrected chi connectivity index (χ0v) is 12.6. The van der Waals surface area contributed by atoms with Crippen LogP contribution in [-0.2, 0) is 0 Å². The molecule has 6 heteroatoms. The number of allylic oxidation sites excluding steroid dienone is 1. The largest absolute Gasteiger partial charge is 0.497 e. The minimum Gasteiger partial charge on any atom is -0.497 e. The van der Waals surface area contributed by atoms with Crippen LogP contribution in [0.4, 0.5) is 5.69 Å². The minimum absolute atomic E-state index is 0.120. The van der Waals surface area contributed by atoms with Crippen molar-refractivity contribution in [1.29, 1.82) is 5.26 Å². The molecule has 0 saturated heterocycles. The van der Waals surface area contributed by atoms with Crippen molar-refractivity contribution in [3.63, 3.8) is 0 Å². The molecule has 116 valence electrons. The van der Waals surface area contributed by atoms with Gasteiger partial charge >= 0.3 is 0 Å². The molecule has 0 unspecified atom stereocenters. The van der Waals surface area contributed by atoms with Gasteiger partial charge in [-0.3, -0.25) is 10.1 Å². The number of methoxy groups -OCH3 is 2. The predicted octanol–water partition coefficient (Wildman–Crippen LogP) is 3.68. The standard InChI is InChI=1S/C17H14N2O4/c1-22-15-6-3-12(4-7-15)14(11-18)9-13-5-8-16(23-2)10-17(13)19(20)21/h3-10H,1-2H3. The van der Waals surface area contributed by atoms with Crippen LogP contribution in [0.5, 0.6) is 11.5 Å². The van der Waals surface area contributed by atoms with Gasteiger partial charge in [0, 0.05) is 0 Å². The Morgan fingerprint density at radius 3 is 2.26 bits per heavy atom. The quantitative estimate of drug-likeness (QED) is 0.364. The van der Waals surface area contributed by atoms with Crippen LogP contribution in [0.2, 0.25) is 0 Å². The first-order valence-corrected chi connectivity index (χ1v) is 6.67. The summed E-state index contributed by atoms with van der Waals surface area (Å²) in [5, 5.41) is 20.6. The number of ether oxygens (including phenoxy) is 2. The second-order valence-electron chi connectivity index (χ2n) is 4.58. The van der Waals surface area contributed by atoms with Gasteiger partial charge in [-0.2, -0.15) is 5.26 Å². The highest BCUT2D eigenvalue weighted by atomic mass is 16.6. The first kappa shape index (κ1) is 16.0. The van der Waals surface area contributed by atoms with E-state index in [1.165, 1.54) is 19.3 Å². The average Bonchev–Trinajstić information content (AvgIpc) is 2.59. The lowest BCUT2D eigenvalue weighted by atomic mass is 10.0. The molecule has 0 aromatic heterocycles. The van der Waals surface area contributed by atoms with E-state index in [-0.39, 0.29) is 5.69 Å². The molecule has 0 saturated carbocycles. The van der Waals surface area contributed by atoms with Gasteiger partial charge in [-0.05, 0) is 48.0 Å². The van der Waals surface area contributed by atoms with Crippen LogP contribution in [0, 0.1) is 21.4 Å². The fourth-order valence-corrected chi connectivity index (χ4v) is 2.04. The second-order valence-corrected chi connectivity index (χ2v) is 4.58. The number of nitro groups is 1. The van der Waals surface area contributed by atoms with E-state index in [1.54, 1.807) is 43.5 Å². The van der Waals surface area contributed by atoms with Crippen molar-refractivity contribution in [2.24, 2.45) is 0 Å².